The highest BCUT2D eigenvalue weighted by atomic mass is 16.6. The van der Waals surface area contributed by atoms with E-state index >= 15 is 0 Å². The van der Waals surface area contributed by atoms with Crippen molar-refractivity contribution < 1.29 is 24.2 Å². The van der Waals surface area contributed by atoms with E-state index in [0.29, 0.717) is 12.3 Å². The predicted molar refractivity (Wildman–Crippen MR) is 142 cm³/mol. The fourth-order valence-corrected chi connectivity index (χ4v) is 5.50. The van der Waals surface area contributed by atoms with E-state index in [0.717, 1.165) is 31.1 Å². The molecule has 1 amide bonds. The topological polar surface area (TPSA) is 91.7 Å². The van der Waals surface area contributed by atoms with Crippen LogP contribution in [0.2, 0.25) is 0 Å². The molecule has 2 saturated heterocycles. The maximum absolute atomic E-state index is 13.7. The van der Waals surface area contributed by atoms with Crippen molar-refractivity contribution in [2.75, 3.05) is 26.3 Å². The molecule has 4 rings (SSSR count). The molecule has 0 saturated carbocycles. The minimum absolute atomic E-state index is 0.0594. The number of benzene rings is 1. The first-order chi connectivity index (χ1) is 17.5. The van der Waals surface area contributed by atoms with Crippen molar-refractivity contribution in [3.05, 3.63) is 46.7 Å². The lowest BCUT2D eigenvalue weighted by atomic mass is 9.91. The van der Waals surface area contributed by atoms with Crippen molar-refractivity contribution in [1.82, 2.24) is 9.80 Å². The van der Waals surface area contributed by atoms with Gasteiger partial charge in [-0.3, -0.25) is 19.6 Å². The number of esters is 1. The summed E-state index contributed by atoms with van der Waals surface area (Å²) in [5, 5.41) is 11.3. The molecule has 202 valence electrons. The van der Waals surface area contributed by atoms with E-state index in [1.54, 1.807) is 13.8 Å². The summed E-state index contributed by atoms with van der Waals surface area (Å²) >= 11 is 0. The van der Waals surface area contributed by atoms with Crippen LogP contribution in [-0.2, 0) is 32.2 Å². The largest absolute Gasteiger partial charge is 0.508 e. The number of amides is 1. The fourth-order valence-electron chi connectivity index (χ4n) is 5.50. The number of likely N-dealkylation sites (tertiary alicyclic amines) is 1. The number of ether oxygens (including phenoxy) is 2. The van der Waals surface area contributed by atoms with Crippen LogP contribution >= 0.6 is 0 Å². The van der Waals surface area contributed by atoms with Gasteiger partial charge in [-0.1, -0.05) is 52.0 Å². The lowest BCUT2D eigenvalue weighted by molar-refractivity contribution is -0.160. The van der Waals surface area contributed by atoms with Gasteiger partial charge < -0.3 is 14.6 Å². The number of nitrogens with zero attached hydrogens (tertiary/aromatic N) is 3. The van der Waals surface area contributed by atoms with Crippen LogP contribution in [0.15, 0.2) is 40.6 Å². The van der Waals surface area contributed by atoms with Gasteiger partial charge in [0.1, 0.15) is 17.6 Å². The van der Waals surface area contributed by atoms with E-state index in [-0.39, 0.29) is 24.5 Å². The normalized spacial score (nSPS) is 25.7. The van der Waals surface area contributed by atoms with Gasteiger partial charge in [-0.15, -0.1) is 0 Å². The van der Waals surface area contributed by atoms with Gasteiger partial charge in [-0.05, 0) is 56.8 Å². The summed E-state index contributed by atoms with van der Waals surface area (Å²) in [4.78, 5) is 35.3. The Labute approximate surface area is 220 Å². The molecule has 37 heavy (non-hydrogen) atoms. The third kappa shape index (κ3) is 5.18. The van der Waals surface area contributed by atoms with E-state index < -0.39 is 29.1 Å². The summed E-state index contributed by atoms with van der Waals surface area (Å²) in [5.41, 5.74) is 0.573. The molecule has 0 aromatic heterocycles. The molecule has 1 aromatic rings. The number of aliphatic hydroxyl groups is 1. The Morgan fingerprint density at radius 1 is 1.24 bits per heavy atom. The highest BCUT2D eigenvalue weighted by Crippen LogP contribution is 2.46. The number of carbonyl (C=O) groups excluding carboxylic acids is 2. The second-order valence-corrected chi connectivity index (χ2v) is 11.7. The van der Waals surface area contributed by atoms with Crippen LogP contribution in [0.4, 0.5) is 0 Å². The van der Waals surface area contributed by atoms with Crippen LogP contribution in [0.5, 0.6) is 0 Å². The van der Waals surface area contributed by atoms with E-state index in [1.807, 2.05) is 32.9 Å². The Hall–Kier alpha value is -2.71. The Kier molecular flexibility index (Phi) is 7.81. The van der Waals surface area contributed by atoms with Crippen LogP contribution in [0.25, 0.3) is 0 Å². The number of hydrogen-bond acceptors (Lipinski definition) is 7. The molecule has 3 aliphatic rings. The van der Waals surface area contributed by atoms with Crippen LogP contribution in [0, 0.1) is 11.3 Å². The Morgan fingerprint density at radius 2 is 1.92 bits per heavy atom. The van der Waals surface area contributed by atoms with Gasteiger partial charge in [0.25, 0.3) is 5.91 Å². The second kappa shape index (κ2) is 10.6. The molecule has 2 atom stereocenters. The highest BCUT2D eigenvalue weighted by molar-refractivity contribution is 6.25. The lowest BCUT2D eigenvalue weighted by Crippen LogP contribution is -2.57. The first kappa shape index (κ1) is 27.3. The zero-order valence-electron chi connectivity index (χ0n) is 23.0. The average Bonchev–Trinajstić information content (AvgIpc) is 3.35. The molecule has 3 aliphatic heterocycles. The first-order valence-corrected chi connectivity index (χ1v) is 13.4. The molecule has 0 unspecified atom stereocenters. The third-order valence-corrected chi connectivity index (χ3v) is 7.65. The van der Waals surface area contributed by atoms with Crippen molar-refractivity contribution in [2.45, 2.75) is 79.2 Å². The zero-order chi connectivity index (χ0) is 27.0. The number of hydrogen-bond donors (Lipinski definition) is 1. The van der Waals surface area contributed by atoms with Gasteiger partial charge in [0.15, 0.2) is 0 Å². The van der Waals surface area contributed by atoms with E-state index in [2.05, 4.69) is 28.9 Å². The zero-order valence-corrected chi connectivity index (χ0v) is 23.0. The molecule has 3 heterocycles. The second-order valence-electron chi connectivity index (χ2n) is 11.7. The molecule has 1 N–H and O–H groups in total. The number of aliphatic hydroxyl groups excluding tert-OH is 1. The smallest absolute Gasteiger partial charge is 0.342 e. The summed E-state index contributed by atoms with van der Waals surface area (Å²) in [6.45, 7) is 15.0. The fraction of sp³-hybridized carbons (Fsp3) is 0.621. The Bertz CT molecular complexity index is 1100. The van der Waals surface area contributed by atoms with Crippen LogP contribution < -0.4 is 0 Å². The molecule has 0 bridgehead atoms. The molecular formula is C29H41N3O5. The summed E-state index contributed by atoms with van der Waals surface area (Å²) < 4.78 is 11.2. The van der Waals surface area contributed by atoms with Gasteiger partial charge >= 0.3 is 5.97 Å². The number of carbonyl (C=O) groups is 2. The quantitative estimate of drug-likeness (QED) is 0.435. The highest BCUT2D eigenvalue weighted by Gasteiger charge is 2.67. The van der Waals surface area contributed by atoms with Crippen molar-refractivity contribution in [1.29, 1.82) is 0 Å². The standard InChI is InChI=1S/C29H41N3O5/c1-7-36-27(35)29-18-37-26(28(4,5)6)32(29)25(34)23(24(29)33)20(3)30-16-21-9-8-10-22(15-21)17-31-13-11-19(2)12-14-31/h8-10,15,19,26,33H,7,11-14,16-18H2,1-6H3/t26-,29-/m1/s1. The van der Waals surface area contributed by atoms with Crippen molar-refractivity contribution in [2.24, 2.45) is 16.3 Å². The van der Waals surface area contributed by atoms with E-state index in [4.69, 9.17) is 9.47 Å². The molecule has 8 heteroatoms. The number of fused-ring (bicyclic) bond motifs is 1. The number of piperidine rings is 1. The van der Waals surface area contributed by atoms with Gasteiger partial charge in [0, 0.05) is 17.7 Å². The van der Waals surface area contributed by atoms with E-state index in [1.165, 1.54) is 23.3 Å². The molecular weight excluding hydrogens is 470 g/mol. The first-order valence-electron chi connectivity index (χ1n) is 13.4. The molecule has 0 aliphatic carbocycles. The van der Waals surface area contributed by atoms with Gasteiger partial charge in [0.2, 0.25) is 5.54 Å². The lowest BCUT2D eigenvalue weighted by Gasteiger charge is -2.36. The molecule has 2 fully saturated rings. The van der Waals surface area contributed by atoms with Gasteiger partial charge in [-0.25, -0.2) is 4.79 Å². The molecule has 0 spiro atoms. The summed E-state index contributed by atoms with van der Waals surface area (Å²) in [5.74, 6) is -0.683. The molecule has 1 aromatic carbocycles. The summed E-state index contributed by atoms with van der Waals surface area (Å²) in [6, 6.07) is 8.35. The third-order valence-electron chi connectivity index (χ3n) is 7.65. The van der Waals surface area contributed by atoms with Crippen molar-refractivity contribution in [3.63, 3.8) is 0 Å². The van der Waals surface area contributed by atoms with Crippen LogP contribution in [0.1, 0.15) is 65.5 Å². The van der Waals surface area contributed by atoms with Crippen LogP contribution in [0.3, 0.4) is 0 Å². The van der Waals surface area contributed by atoms with Gasteiger partial charge in [0.05, 0.1) is 19.8 Å². The minimum atomic E-state index is -1.68. The summed E-state index contributed by atoms with van der Waals surface area (Å²) in [6.07, 6.45) is 1.79. The van der Waals surface area contributed by atoms with Gasteiger partial charge in [-0.2, -0.15) is 0 Å². The maximum atomic E-state index is 13.7. The number of aliphatic imine (C=N–C) groups is 1. The van der Waals surface area contributed by atoms with Crippen LogP contribution in [-0.4, -0.2) is 70.6 Å². The Morgan fingerprint density at radius 3 is 2.57 bits per heavy atom. The summed E-state index contributed by atoms with van der Waals surface area (Å²) in [7, 11) is 0. The average molecular weight is 512 g/mol. The number of rotatable bonds is 7. The minimum Gasteiger partial charge on any atom is -0.508 e. The Balaban J connectivity index is 1.57. The van der Waals surface area contributed by atoms with Crippen molar-refractivity contribution >= 4 is 17.6 Å². The molecule has 8 nitrogen and oxygen atoms in total. The van der Waals surface area contributed by atoms with Crippen molar-refractivity contribution in [3.8, 4) is 0 Å². The maximum Gasteiger partial charge on any atom is 0.342 e. The predicted octanol–water partition coefficient (Wildman–Crippen LogP) is 4.24. The van der Waals surface area contributed by atoms with E-state index in [9.17, 15) is 14.7 Å². The SMILES string of the molecule is CCOC(=O)[C@]12CO[C@H](C(C)(C)C)N1C(=O)C(C(C)=NCc1cccc(CN3CCC(C)CC3)c1)=C2O. The molecule has 0 radical (unpaired) electrons. The monoisotopic (exact) mass is 511 g/mol.